The second-order valence-electron chi connectivity index (χ2n) is 6.79. The van der Waals surface area contributed by atoms with Gasteiger partial charge in [-0.2, -0.15) is 0 Å². The van der Waals surface area contributed by atoms with Crippen LogP contribution < -0.4 is 5.32 Å². The summed E-state index contributed by atoms with van der Waals surface area (Å²) in [6.07, 6.45) is 6.00. The van der Waals surface area contributed by atoms with E-state index >= 15 is 0 Å². The minimum atomic E-state index is -0.0354. The van der Waals surface area contributed by atoms with E-state index in [1.807, 2.05) is 11.0 Å². The smallest absolute Gasteiger partial charge is 0.322 e. The molecule has 1 N–H and O–H groups in total. The Kier molecular flexibility index (Phi) is 5.73. The zero-order valence-electron chi connectivity index (χ0n) is 14.2. The summed E-state index contributed by atoms with van der Waals surface area (Å²) in [5.74, 6) is 0. The number of carbonyl (C=O) groups is 1. The average molecular weight is 397 g/mol. The van der Waals surface area contributed by atoms with Gasteiger partial charge in [-0.25, -0.2) is 4.79 Å². The topological polar surface area (TPSA) is 57.7 Å². The predicted octanol–water partition coefficient (Wildman–Crippen LogP) is 2.95. The summed E-state index contributed by atoms with van der Waals surface area (Å²) >= 11 is 3.38. The fourth-order valence-electron chi connectivity index (χ4n) is 3.70. The molecule has 24 heavy (non-hydrogen) atoms. The summed E-state index contributed by atoms with van der Waals surface area (Å²) in [5, 5.41) is 2.96. The normalized spacial score (nSPS) is 28.1. The van der Waals surface area contributed by atoms with E-state index in [0.717, 1.165) is 43.5 Å². The molecular formula is C17H25BrN4O2. The number of ether oxygens (including phenoxy) is 1. The van der Waals surface area contributed by atoms with E-state index in [1.165, 1.54) is 0 Å². The number of halogens is 1. The van der Waals surface area contributed by atoms with Gasteiger partial charge in [-0.1, -0.05) is 0 Å². The number of rotatable bonds is 3. The van der Waals surface area contributed by atoms with Gasteiger partial charge < -0.3 is 15.0 Å². The minimum Gasteiger partial charge on any atom is -0.373 e. The second kappa shape index (κ2) is 7.80. The standard InChI is InChI=1S/C17H25BrN4O2/c1-12-9-21(10-13(2)24-12)11-16-4-3-5-22(16)17(23)20-15-6-14(18)7-19-8-15/h6-8,12-13,16H,3-5,9-11H2,1-2H3,(H,20,23)/t12-,13-,16-/m1/s1. The Morgan fingerprint density at radius 3 is 2.83 bits per heavy atom. The number of nitrogens with one attached hydrogen (secondary N) is 1. The van der Waals surface area contributed by atoms with Crippen LogP contribution in [0.2, 0.25) is 0 Å². The minimum absolute atomic E-state index is 0.0354. The molecule has 3 atom stereocenters. The molecule has 0 unspecified atom stereocenters. The molecule has 3 heterocycles. The molecule has 0 spiro atoms. The first kappa shape index (κ1) is 17.6. The molecule has 3 rings (SSSR count). The maximum atomic E-state index is 12.6. The van der Waals surface area contributed by atoms with E-state index in [1.54, 1.807) is 12.4 Å². The van der Waals surface area contributed by atoms with E-state index < -0.39 is 0 Å². The number of urea groups is 1. The molecule has 2 amide bonds. The third-order valence-electron chi connectivity index (χ3n) is 4.56. The first-order valence-electron chi connectivity index (χ1n) is 8.57. The van der Waals surface area contributed by atoms with Crippen LogP contribution in [-0.2, 0) is 4.74 Å². The first-order chi connectivity index (χ1) is 11.5. The first-order valence-corrected chi connectivity index (χ1v) is 9.36. The number of anilines is 1. The summed E-state index contributed by atoms with van der Waals surface area (Å²) < 4.78 is 6.66. The van der Waals surface area contributed by atoms with Crippen molar-refractivity contribution in [2.24, 2.45) is 0 Å². The van der Waals surface area contributed by atoms with Gasteiger partial charge in [0.2, 0.25) is 0 Å². The highest BCUT2D eigenvalue weighted by Crippen LogP contribution is 2.22. The predicted molar refractivity (Wildman–Crippen MR) is 97.1 cm³/mol. The van der Waals surface area contributed by atoms with E-state index in [4.69, 9.17) is 4.74 Å². The van der Waals surface area contributed by atoms with Crippen molar-refractivity contribution in [3.63, 3.8) is 0 Å². The average Bonchev–Trinajstić information content (AvgIpc) is 2.94. The zero-order valence-corrected chi connectivity index (χ0v) is 15.8. The maximum Gasteiger partial charge on any atom is 0.322 e. The van der Waals surface area contributed by atoms with Crippen LogP contribution in [0.5, 0.6) is 0 Å². The van der Waals surface area contributed by atoms with Crippen LogP contribution in [0.15, 0.2) is 22.9 Å². The highest BCUT2D eigenvalue weighted by Gasteiger charge is 2.32. The van der Waals surface area contributed by atoms with Gasteiger partial charge in [-0.05, 0) is 48.7 Å². The molecule has 2 aliphatic heterocycles. The molecular weight excluding hydrogens is 372 g/mol. The third-order valence-corrected chi connectivity index (χ3v) is 4.99. The van der Waals surface area contributed by atoms with Crippen molar-refractivity contribution in [1.82, 2.24) is 14.8 Å². The number of amides is 2. The van der Waals surface area contributed by atoms with E-state index in [-0.39, 0.29) is 24.3 Å². The van der Waals surface area contributed by atoms with Crippen molar-refractivity contribution in [3.8, 4) is 0 Å². The van der Waals surface area contributed by atoms with Crippen LogP contribution in [0, 0.1) is 0 Å². The lowest BCUT2D eigenvalue weighted by atomic mass is 10.1. The number of nitrogens with zero attached hydrogens (tertiary/aromatic N) is 3. The highest BCUT2D eigenvalue weighted by molar-refractivity contribution is 9.10. The maximum absolute atomic E-state index is 12.6. The van der Waals surface area contributed by atoms with Gasteiger partial charge in [0.05, 0.1) is 24.1 Å². The van der Waals surface area contributed by atoms with Gasteiger partial charge in [0, 0.05) is 42.9 Å². The molecule has 132 valence electrons. The lowest BCUT2D eigenvalue weighted by Crippen LogP contribution is -2.51. The van der Waals surface area contributed by atoms with Crippen LogP contribution in [0.3, 0.4) is 0 Å². The lowest BCUT2D eigenvalue weighted by Gasteiger charge is -2.38. The fraction of sp³-hybridized carbons (Fsp3) is 0.647. The molecule has 7 heteroatoms. The summed E-state index contributed by atoms with van der Waals surface area (Å²) in [6, 6.07) is 2.09. The number of hydrogen-bond acceptors (Lipinski definition) is 4. The molecule has 1 aromatic rings. The van der Waals surface area contributed by atoms with Crippen molar-refractivity contribution in [3.05, 3.63) is 22.9 Å². The Balaban J connectivity index is 1.59. The van der Waals surface area contributed by atoms with Gasteiger partial charge in [-0.15, -0.1) is 0 Å². The summed E-state index contributed by atoms with van der Waals surface area (Å²) in [7, 11) is 0. The summed E-state index contributed by atoms with van der Waals surface area (Å²) in [5.41, 5.74) is 0.716. The van der Waals surface area contributed by atoms with Crippen LogP contribution in [0.1, 0.15) is 26.7 Å². The van der Waals surface area contributed by atoms with Crippen LogP contribution in [0.25, 0.3) is 0 Å². The molecule has 2 saturated heterocycles. The van der Waals surface area contributed by atoms with Crippen LogP contribution in [-0.4, -0.2) is 65.2 Å². The Bertz CT molecular complexity index is 575. The van der Waals surface area contributed by atoms with Crippen LogP contribution >= 0.6 is 15.9 Å². The number of pyridine rings is 1. The van der Waals surface area contributed by atoms with Gasteiger partial charge in [0.15, 0.2) is 0 Å². The van der Waals surface area contributed by atoms with Crippen molar-refractivity contribution in [2.45, 2.75) is 44.9 Å². The number of likely N-dealkylation sites (tertiary alicyclic amines) is 1. The van der Waals surface area contributed by atoms with Gasteiger partial charge in [0.25, 0.3) is 0 Å². The summed E-state index contributed by atoms with van der Waals surface area (Å²) in [6.45, 7) is 7.83. The molecule has 2 aliphatic rings. The molecule has 2 fully saturated rings. The number of morpholine rings is 1. The molecule has 6 nitrogen and oxygen atoms in total. The van der Waals surface area contributed by atoms with Crippen molar-refractivity contribution >= 4 is 27.6 Å². The zero-order chi connectivity index (χ0) is 17.1. The van der Waals surface area contributed by atoms with E-state index in [2.05, 4.69) is 45.0 Å². The van der Waals surface area contributed by atoms with Crippen LogP contribution in [0.4, 0.5) is 10.5 Å². The van der Waals surface area contributed by atoms with Crippen molar-refractivity contribution < 1.29 is 9.53 Å². The second-order valence-corrected chi connectivity index (χ2v) is 7.70. The van der Waals surface area contributed by atoms with Crippen molar-refractivity contribution in [2.75, 3.05) is 31.5 Å². The molecule has 0 aromatic carbocycles. The molecule has 0 radical (unpaired) electrons. The quantitative estimate of drug-likeness (QED) is 0.852. The van der Waals surface area contributed by atoms with E-state index in [9.17, 15) is 4.79 Å². The Hall–Kier alpha value is -1.18. The SMILES string of the molecule is C[C@@H]1CN(C[C@H]2CCCN2C(=O)Nc2cncc(Br)c2)C[C@@H](C)O1. The Morgan fingerprint density at radius 2 is 2.12 bits per heavy atom. The molecule has 0 aliphatic carbocycles. The molecule has 0 bridgehead atoms. The lowest BCUT2D eigenvalue weighted by molar-refractivity contribution is -0.0712. The highest BCUT2D eigenvalue weighted by atomic mass is 79.9. The third kappa shape index (κ3) is 4.46. The fourth-order valence-corrected chi connectivity index (χ4v) is 4.06. The van der Waals surface area contributed by atoms with Gasteiger partial charge >= 0.3 is 6.03 Å². The number of carbonyl (C=O) groups excluding carboxylic acids is 1. The Labute approximate surface area is 151 Å². The number of aromatic nitrogens is 1. The monoisotopic (exact) mass is 396 g/mol. The Morgan fingerprint density at radius 1 is 1.38 bits per heavy atom. The number of hydrogen-bond donors (Lipinski definition) is 1. The largest absolute Gasteiger partial charge is 0.373 e. The van der Waals surface area contributed by atoms with Crippen molar-refractivity contribution in [1.29, 1.82) is 0 Å². The molecule has 1 aromatic heterocycles. The summed E-state index contributed by atoms with van der Waals surface area (Å²) in [4.78, 5) is 21.1. The van der Waals surface area contributed by atoms with Gasteiger partial charge in [-0.3, -0.25) is 9.88 Å². The molecule has 0 saturated carbocycles. The van der Waals surface area contributed by atoms with Gasteiger partial charge in [0.1, 0.15) is 0 Å². The van der Waals surface area contributed by atoms with E-state index in [0.29, 0.717) is 5.69 Å².